The Labute approximate surface area is 111 Å². The number of nitrogens with zero attached hydrogens (tertiary/aromatic N) is 1. The molecule has 0 fully saturated rings. The van der Waals surface area contributed by atoms with Crippen LogP contribution in [0.3, 0.4) is 0 Å². The topological polar surface area (TPSA) is 29.5 Å². The van der Waals surface area contributed by atoms with Crippen LogP contribution >= 0.6 is 11.6 Å². The summed E-state index contributed by atoms with van der Waals surface area (Å²) in [5.74, 6) is -0.839. The molecule has 5 heteroatoms. The Bertz CT molecular complexity index is 425. The number of hydrogen-bond donors (Lipinski definition) is 0. The molecule has 0 radical (unpaired) electrons. The van der Waals surface area contributed by atoms with Crippen LogP contribution in [0.2, 0.25) is 5.02 Å². The summed E-state index contributed by atoms with van der Waals surface area (Å²) in [5, 5.41) is 0.377. The van der Waals surface area contributed by atoms with E-state index in [1.54, 1.807) is 19.1 Å². The fourth-order valence-corrected chi connectivity index (χ4v) is 1.91. The number of esters is 1. The molecule has 0 spiro atoms. The summed E-state index contributed by atoms with van der Waals surface area (Å²) in [6.07, 6.45) is 0. The monoisotopic (exact) mass is 273 g/mol. The molecule has 0 bridgehead atoms. The zero-order valence-electron chi connectivity index (χ0n) is 10.7. The molecule has 0 aliphatic heterocycles. The molecule has 0 N–H and O–H groups in total. The number of carbonyl (C=O) groups excluding carboxylic acids is 1. The number of halogens is 2. The molecule has 0 aliphatic carbocycles. The average molecular weight is 274 g/mol. The van der Waals surface area contributed by atoms with E-state index in [9.17, 15) is 9.18 Å². The van der Waals surface area contributed by atoms with Crippen LogP contribution in [0.5, 0.6) is 0 Å². The maximum Gasteiger partial charge on any atom is 0.309 e. The molecular formula is C13H17ClFNO2. The number of methoxy groups -OCH3 is 1. The summed E-state index contributed by atoms with van der Waals surface area (Å²) in [7, 11) is 3.19. The van der Waals surface area contributed by atoms with E-state index in [-0.39, 0.29) is 17.7 Å². The summed E-state index contributed by atoms with van der Waals surface area (Å²) >= 11 is 5.68. The zero-order valence-corrected chi connectivity index (χ0v) is 11.5. The predicted octanol–water partition coefficient (Wildman–Crippen LogP) is 2.72. The molecule has 0 amide bonds. The smallest absolute Gasteiger partial charge is 0.309 e. The van der Waals surface area contributed by atoms with Crippen molar-refractivity contribution in [3.05, 3.63) is 34.6 Å². The molecule has 100 valence electrons. The highest BCUT2D eigenvalue weighted by molar-refractivity contribution is 6.30. The van der Waals surface area contributed by atoms with E-state index in [1.807, 2.05) is 11.9 Å². The lowest BCUT2D eigenvalue weighted by Crippen LogP contribution is -2.29. The Balaban J connectivity index is 2.59. The molecule has 0 aliphatic rings. The van der Waals surface area contributed by atoms with Gasteiger partial charge in [0.1, 0.15) is 5.82 Å². The van der Waals surface area contributed by atoms with E-state index < -0.39 is 0 Å². The Morgan fingerprint density at radius 3 is 2.78 bits per heavy atom. The van der Waals surface area contributed by atoms with E-state index in [4.69, 9.17) is 11.6 Å². The Morgan fingerprint density at radius 1 is 1.56 bits per heavy atom. The second kappa shape index (κ2) is 6.71. The van der Waals surface area contributed by atoms with Gasteiger partial charge < -0.3 is 9.64 Å². The van der Waals surface area contributed by atoms with Gasteiger partial charge in [-0.15, -0.1) is 0 Å². The lowest BCUT2D eigenvalue weighted by molar-refractivity contribution is -0.145. The van der Waals surface area contributed by atoms with Crippen molar-refractivity contribution < 1.29 is 13.9 Å². The van der Waals surface area contributed by atoms with Crippen LogP contribution in [0.25, 0.3) is 0 Å². The van der Waals surface area contributed by atoms with Gasteiger partial charge in [-0.1, -0.05) is 24.6 Å². The number of ether oxygens (including phenoxy) is 1. The maximum absolute atomic E-state index is 13.6. The molecule has 0 saturated heterocycles. The van der Waals surface area contributed by atoms with Gasteiger partial charge in [-0.25, -0.2) is 4.39 Å². The molecule has 1 rings (SSSR count). The highest BCUT2D eigenvalue weighted by Crippen LogP contribution is 2.16. The van der Waals surface area contributed by atoms with Crippen LogP contribution in [0.1, 0.15) is 12.5 Å². The molecule has 18 heavy (non-hydrogen) atoms. The summed E-state index contributed by atoms with van der Waals surface area (Å²) in [5.41, 5.74) is 0.555. The standard InChI is InChI=1S/C13H17ClFNO2/c1-9(13(17)18-3)7-16(2)8-10-4-5-11(14)6-12(10)15/h4-6,9H,7-8H2,1-3H3. The molecule has 3 nitrogen and oxygen atoms in total. The highest BCUT2D eigenvalue weighted by Gasteiger charge is 2.16. The lowest BCUT2D eigenvalue weighted by Gasteiger charge is -2.20. The maximum atomic E-state index is 13.6. The van der Waals surface area contributed by atoms with Gasteiger partial charge in [0.25, 0.3) is 0 Å². The van der Waals surface area contributed by atoms with Gasteiger partial charge in [0, 0.05) is 23.7 Å². The van der Waals surface area contributed by atoms with Crippen molar-refractivity contribution >= 4 is 17.6 Å². The van der Waals surface area contributed by atoms with Crippen molar-refractivity contribution in [1.29, 1.82) is 0 Å². The molecule has 1 unspecified atom stereocenters. The summed E-state index contributed by atoms with van der Waals surface area (Å²) in [4.78, 5) is 13.1. The first-order valence-electron chi connectivity index (χ1n) is 5.64. The molecule has 1 atom stereocenters. The van der Waals surface area contributed by atoms with Crippen molar-refractivity contribution in [3.63, 3.8) is 0 Å². The average Bonchev–Trinajstić information content (AvgIpc) is 2.31. The van der Waals surface area contributed by atoms with Gasteiger partial charge in [0.15, 0.2) is 0 Å². The van der Waals surface area contributed by atoms with Crippen LogP contribution in [0.4, 0.5) is 4.39 Å². The predicted molar refractivity (Wildman–Crippen MR) is 68.9 cm³/mol. The Kier molecular flexibility index (Phi) is 5.56. The van der Waals surface area contributed by atoms with E-state index in [1.165, 1.54) is 13.2 Å². The van der Waals surface area contributed by atoms with Crippen molar-refractivity contribution in [2.75, 3.05) is 20.7 Å². The second-order valence-electron chi connectivity index (χ2n) is 4.36. The van der Waals surface area contributed by atoms with Gasteiger partial charge >= 0.3 is 5.97 Å². The first kappa shape index (κ1) is 14.9. The fourth-order valence-electron chi connectivity index (χ4n) is 1.75. The van der Waals surface area contributed by atoms with E-state index >= 15 is 0 Å². The van der Waals surface area contributed by atoms with Gasteiger partial charge in [-0.05, 0) is 19.2 Å². The minimum absolute atomic E-state index is 0.240. The van der Waals surface area contributed by atoms with Gasteiger partial charge in [-0.3, -0.25) is 4.79 Å². The third kappa shape index (κ3) is 4.27. The first-order chi connectivity index (χ1) is 8.43. The summed E-state index contributed by atoms with van der Waals surface area (Å²) in [6.45, 7) is 2.71. The fraction of sp³-hybridized carbons (Fsp3) is 0.462. The SMILES string of the molecule is COC(=O)C(C)CN(C)Cc1ccc(Cl)cc1F. The number of rotatable bonds is 5. The number of benzene rings is 1. The van der Waals surface area contributed by atoms with Crippen molar-refractivity contribution in [2.24, 2.45) is 5.92 Å². The lowest BCUT2D eigenvalue weighted by atomic mass is 10.1. The van der Waals surface area contributed by atoms with Crippen molar-refractivity contribution in [1.82, 2.24) is 4.90 Å². The molecule has 0 saturated carbocycles. The minimum atomic E-state index is -0.333. The molecule has 1 aromatic rings. The van der Waals surface area contributed by atoms with Gasteiger partial charge in [-0.2, -0.15) is 0 Å². The quantitative estimate of drug-likeness (QED) is 0.773. The van der Waals surface area contributed by atoms with Crippen molar-refractivity contribution in [3.8, 4) is 0 Å². The Morgan fingerprint density at radius 2 is 2.22 bits per heavy atom. The zero-order chi connectivity index (χ0) is 13.7. The third-order valence-electron chi connectivity index (χ3n) is 2.64. The highest BCUT2D eigenvalue weighted by atomic mass is 35.5. The normalized spacial score (nSPS) is 12.6. The van der Waals surface area contributed by atoms with E-state index in [0.29, 0.717) is 23.7 Å². The first-order valence-corrected chi connectivity index (χ1v) is 6.02. The molecule has 1 aromatic carbocycles. The molecule has 0 heterocycles. The number of carbonyl (C=O) groups is 1. The van der Waals surface area contributed by atoms with Crippen LogP contribution in [-0.2, 0) is 16.1 Å². The van der Waals surface area contributed by atoms with Crippen LogP contribution < -0.4 is 0 Å². The van der Waals surface area contributed by atoms with Crippen LogP contribution in [0, 0.1) is 11.7 Å². The molecular weight excluding hydrogens is 257 g/mol. The van der Waals surface area contributed by atoms with E-state index in [2.05, 4.69) is 4.74 Å². The minimum Gasteiger partial charge on any atom is -0.469 e. The van der Waals surface area contributed by atoms with Crippen LogP contribution in [-0.4, -0.2) is 31.6 Å². The van der Waals surface area contributed by atoms with Crippen LogP contribution in [0.15, 0.2) is 18.2 Å². The molecule has 0 aromatic heterocycles. The third-order valence-corrected chi connectivity index (χ3v) is 2.88. The summed E-state index contributed by atoms with van der Waals surface area (Å²) < 4.78 is 18.2. The van der Waals surface area contributed by atoms with Gasteiger partial charge in [0.05, 0.1) is 13.0 Å². The largest absolute Gasteiger partial charge is 0.469 e. The number of hydrogen-bond acceptors (Lipinski definition) is 3. The second-order valence-corrected chi connectivity index (χ2v) is 4.79. The Hall–Kier alpha value is -1.13. The van der Waals surface area contributed by atoms with E-state index in [0.717, 1.165) is 0 Å². The van der Waals surface area contributed by atoms with Gasteiger partial charge in [0.2, 0.25) is 0 Å². The summed E-state index contributed by atoms with van der Waals surface area (Å²) in [6, 6.07) is 4.59. The van der Waals surface area contributed by atoms with Crippen molar-refractivity contribution in [2.45, 2.75) is 13.5 Å².